The van der Waals surface area contributed by atoms with Crippen molar-refractivity contribution in [2.45, 2.75) is 32.6 Å². The van der Waals surface area contributed by atoms with Crippen LogP contribution in [0.4, 0.5) is 5.82 Å². The maximum absolute atomic E-state index is 5.81. The van der Waals surface area contributed by atoms with E-state index in [2.05, 4.69) is 39.2 Å². The van der Waals surface area contributed by atoms with Gasteiger partial charge >= 0.3 is 0 Å². The zero-order valence-electron chi connectivity index (χ0n) is 14.4. The predicted octanol–water partition coefficient (Wildman–Crippen LogP) is 3.35. The molecule has 0 atom stereocenters. The second-order valence-corrected chi connectivity index (χ2v) is 6.83. The van der Waals surface area contributed by atoms with E-state index in [9.17, 15) is 0 Å². The van der Waals surface area contributed by atoms with Crippen LogP contribution in [0, 0.1) is 6.92 Å². The lowest BCUT2D eigenvalue weighted by molar-refractivity contribution is 0.344. The Bertz CT molecular complexity index is 612. The molecule has 0 fully saturated rings. The van der Waals surface area contributed by atoms with Gasteiger partial charge in [-0.15, -0.1) is 0 Å². The number of thioether (sulfide) groups is 1. The smallest absolute Gasteiger partial charge is 0.132 e. The fraction of sp³-hybridized carbons (Fsp3) is 0.529. The van der Waals surface area contributed by atoms with Crippen molar-refractivity contribution in [3.8, 4) is 0 Å². The summed E-state index contributed by atoms with van der Waals surface area (Å²) < 4.78 is 5.81. The first-order chi connectivity index (χ1) is 11.1. The molecule has 0 radical (unpaired) electrons. The molecule has 6 heteroatoms. The van der Waals surface area contributed by atoms with Gasteiger partial charge in [-0.05, 0) is 39.6 Å². The van der Waals surface area contributed by atoms with Gasteiger partial charge in [0, 0.05) is 24.1 Å². The summed E-state index contributed by atoms with van der Waals surface area (Å²) >= 11 is 1.86. The van der Waals surface area contributed by atoms with E-state index in [-0.39, 0.29) is 0 Å². The Kier molecular flexibility index (Phi) is 6.92. The van der Waals surface area contributed by atoms with E-state index in [1.165, 1.54) is 5.56 Å². The number of nitrogens with one attached hydrogen (secondary N) is 1. The third kappa shape index (κ3) is 5.88. The second-order valence-electron chi connectivity index (χ2n) is 5.73. The molecule has 0 saturated heterocycles. The van der Waals surface area contributed by atoms with Gasteiger partial charge in [0.2, 0.25) is 0 Å². The van der Waals surface area contributed by atoms with Crippen LogP contribution in [0.5, 0.6) is 0 Å². The van der Waals surface area contributed by atoms with Crippen molar-refractivity contribution >= 4 is 17.6 Å². The van der Waals surface area contributed by atoms with Gasteiger partial charge < -0.3 is 14.6 Å². The molecule has 0 aliphatic rings. The van der Waals surface area contributed by atoms with Crippen LogP contribution >= 0.6 is 11.8 Å². The summed E-state index contributed by atoms with van der Waals surface area (Å²) in [5.74, 6) is 5.74. The van der Waals surface area contributed by atoms with E-state index < -0.39 is 0 Å². The molecular formula is C17H26N4OS. The Balaban J connectivity index is 1.72. The topological polar surface area (TPSA) is 54.2 Å². The molecule has 2 aromatic rings. The normalized spacial score (nSPS) is 11.2. The largest absolute Gasteiger partial charge is 0.464 e. The molecule has 2 aromatic heterocycles. The van der Waals surface area contributed by atoms with Crippen LogP contribution in [-0.2, 0) is 18.7 Å². The van der Waals surface area contributed by atoms with Crippen molar-refractivity contribution in [2.75, 3.05) is 31.7 Å². The Morgan fingerprint density at radius 1 is 1.26 bits per heavy atom. The first-order valence-electron chi connectivity index (χ1n) is 7.95. The molecule has 0 aromatic carbocycles. The van der Waals surface area contributed by atoms with Crippen molar-refractivity contribution in [2.24, 2.45) is 0 Å². The molecular weight excluding hydrogens is 308 g/mol. The molecule has 5 nitrogen and oxygen atoms in total. The molecule has 23 heavy (non-hydrogen) atoms. The molecule has 0 spiro atoms. The monoisotopic (exact) mass is 334 g/mol. The summed E-state index contributed by atoms with van der Waals surface area (Å²) in [5, 5.41) is 3.41. The zero-order valence-corrected chi connectivity index (χ0v) is 15.2. The number of aromatic nitrogens is 2. The Labute approximate surface area is 142 Å². The number of furan rings is 1. The van der Waals surface area contributed by atoms with E-state index >= 15 is 0 Å². The molecule has 0 unspecified atom stereocenters. The maximum atomic E-state index is 5.81. The third-order valence-corrected chi connectivity index (χ3v) is 4.32. The lowest BCUT2D eigenvalue weighted by atomic mass is 10.2. The highest BCUT2D eigenvalue weighted by Crippen LogP contribution is 2.17. The molecule has 0 bridgehead atoms. The van der Waals surface area contributed by atoms with Crippen LogP contribution in [0.15, 0.2) is 22.7 Å². The van der Waals surface area contributed by atoms with Crippen molar-refractivity contribution < 1.29 is 4.42 Å². The Morgan fingerprint density at radius 2 is 2.04 bits per heavy atom. The molecule has 0 amide bonds. The number of hydrogen-bond donors (Lipinski definition) is 1. The van der Waals surface area contributed by atoms with E-state index in [0.717, 1.165) is 54.2 Å². The van der Waals surface area contributed by atoms with E-state index in [1.54, 1.807) is 0 Å². The van der Waals surface area contributed by atoms with E-state index in [1.807, 2.05) is 39.0 Å². The second kappa shape index (κ2) is 8.93. The SMILES string of the molecule is CCc1cnc(C)nc1NCCSCc1ccc(CN(C)C)o1. The quantitative estimate of drug-likeness (QED) is 0.710. The van der Waals surface area contributed by atoms with E-state index in [4.69, 9.17) is 4.42 Å². The van der Waals surface area contributed by atoms with Crippen LogP contribution in [-0.4, -0.2) is 41.3 Å². The van der Waals surface area contributed by atoms with Gasteiger partial charge in [-0.2, -0.15) is 11.8 Å². The van der Waals surface area contributed by atoms with Gasteiger partial charge in [-0.25, -0.2) is 9.97 Å². The fourth-order valence-electron chi connectivity index (χ4n) is 2.22. The Hall–Kier alpha value is -1.53. The maximum Gasteiger partial charge on any atom is 0.132 e. The summed E-state index contributed by atoms with van der Waals surface area (Å²) in [5.41, 5.74) is 1.17. The minimum Gasteiger partial charge on any atom is -0.464 e. The van der Waals surface area contributed by atoms with Crippen LogP contribution in [0.25, 0.3) is 0 Å². The number of rotatable bonds is 9. The summed E-state index contributed by atoms with van der Waals surface area (Å²) in [6.07, 6.45) is 2.85. The van der Waals surface area contributed by atoms with Crippen LogP contribution in [0.2, 0.25) is 0 Å². The van der Waals surface area contributed by atoms with Crippen molar-refractivity contribution in [3.63, 3.8) is 0 Å². The minimum atomic E-state index is 0.807. The standard InChI is InChI=1S/C17H26N4OS/c1-5-14-10-19-13(2)20-17(14)18-8-9-23-12-16-7-6-15(22-16)11-21(3)4/h6-7,10H,5,8-9,11-12H2,1-4H3,(H,18,19,20). The van der Waals surface area contributed by atoms with Gasteiger partial charge in [0.15, 0.2) is 0 Å². The number of aryl methyl sites for hydroxylation is 2. The molecule has 1 N–H and O–H groups in total. The fourth-order valence-corrected chi connectivity index (χ4v) is 2.96. The number of hydrogen-bond acceptors (Lipinski definition) is 6. The van der Waals surface area contributed by atoms with Crippen LogP contribution in [0.3, 0.4) is 0 Å². The zero-order chi connectivity index (χ0) is 16.7. The average molecular weight is 334 g/mol. The molecule has 126 valence electrons. The minimum absolute atomic E-state index is 0.807. The molecule has 0 saturated carbocycles. The highest BCUT2D eigenvalue weighted by atomic mass is 32.2. The Morgan fingerprint density at radius 3 is 2.78 bits per heavy atom. The first kappa shape index (κ1) is 17.8. The van der Waals surface area contributed by atoms with Crippen LogP contribution < -0.4 is 5.32 Å². The van der Waals surface area contributed by atoms with Crippen molar-refractivity contribution in [3.05, 3.63) is 41.2 Å². The predicted molar refractivity (Wildman–Crippen MR) is 96.9 cm³/mol. The average Bonchev–Trinajstić information content (AvgIpc) is 2.93. The van der Waals surface area contributed by atoms with Gasteiger partial charge in [-0.3, -0.25) is 0 Å². The summed E-state index contributed by atoms with van der Waals surface area (Å²) in [4.78, 5) is 10.8. The highest BCUT2D eigenvalue weighted by molar-refractivity contribution is 7.98. The van der Waals surface area contributed by atoms with E-state index in [0.29, 0.717) is 0 Å². The van der Waals surface area contributed by atoms with Crippen LogP contribution in [0.1, 0.15) is 29.8 Å². The highest BCUT2D eigenvalue weighted by Gasteiger charge is 2.05. The first-order valence-corrected chi connectivity index (χ1v) is 9.10. The summed E-state index contributed by atoms with van der Waals surface area (Å²) in [6, 6.07) is 4.13. The number of nitrogens with zero attached hydrogens (tertiary/aromatic N) is 3. The van der Waals surface area contributed by atoms with Crippen molar-refractivity contribution in [1.29, 1.82) is 0 Å². The lowest BCUT2D eigenvalue weighted by Gasteiger charge is -2.09. The molecule has 2 rings (SSSR count). The third-order valence-electron chi connectivity index (χ3n) is 3.34. The summed E-state index contributed by atoms with van der Waals surface area (Å²) in [7, 11) is 4.09. The summed E-state index contributed by atoms with van der Waals surface area (Å²) in [6.45, 7) is 5.77. The van der Waals surface area contributed by atoms with Gasteiger partial charge in [0.1, 0.15) is 23.2 Å². The molecule has 0 aliphatic carbocycles. The number of anilines is 1. The van der Waals surface area contributed by atoms with Gasteiger partial charge in [0.25, 0.3) is 0 Å². The van der Waals surface area contributed by atoms with Gasteiger partial charge in [0.05, 0.1) is 12.3 Å². The molecule has 0 aliphatic heterocycles. The molecule has 2 heterocycles. The lowest BCUT2D eigenvalue weighted by Crippen LogP contribution is -2.09. The van der Waals surface area contributed by atoms with Gasteiger partial charge in [-0.1, -0.05) is 6.92 Å². The van der Waals surface area contributed by atoms with Crippen molar-refractivity contribution in [1.82, 2.24) is 14.9 Å².